The summed E-state index contributed by atoms with van der Waals surface area (Å²) in [6, 6.07) is 1.61. The van der Waals surface area contributed by atoms with Crippen molar-refractivity contribution in [1.82, 2.24) is 25.6 Å². The second-order valence-corrected chi connectivity index (χ2v) is 1.68. The summed E-state index contributed by atoms with van der Waals surface area (Å²) < 4.78 is 0. The first kappa shape index (κ1) is 5.16. The largest absolute Gasteiger partial charge is 0.148 e. The Balaban J connectivity index is 2.89. The topological polar surface area (TPSA) is 64.5 Å². The van der Waals surface area contributed by atoms with E-state index >= 15 is 0 Å². The number of rotatable bonds is 0. The van der Waals surface area contributed by atoms with E-state index in [2.05, 4.69) is 31.8 Å². The van der Waals surface area contributed by atoms with E-state index in [1.165, 1.54) is 6.20 Å². The second-order valence-electron chi connectivity index (χ2n) is 1.68. The Morgan fingerprint density at radius 1 is 1.20 bits per heavy atom. The van der Waals surface area contributed by atoms with E-state index in [0.717, 1.165) is 0 Å². The third-order valence-electron chi connectivity index (χ3n) is 1.06. The molecule has 0 atom stereocenters. The first-order chi connectivity index (χ1) is 4.97. The summed E-state index contributed by atoms with van der Waals surface area (Å²) in [5.41, 5.74) is 1.29. The second kappa shape index (κ2) is 1.94. The molecule has 0 aliphatic rings. The standard InChI is InChI=1S/C5H2N5/c1-2-6-8-5-3-7-10-9-4(1)5/h1,3H. The molecule has 2 aromatic rings. The third kappa shape index (κ3) is 0.680. The molecule has 0 saturated carbocycles. The molecule has 0 aromatic carbocycles. The van der Waals surface area contributed by atoms with Crippen molar-refractivity contribution < 1.29 is 0 Å². The van der Waals surface area contributed by atoms with Crippen LogP contribution in [0, 0.1) is 6.20 Å². The van der Waals surface area contributed by atoms with E-state index in [9.17, 15) is 0 Å². The SMILES string of the molecule is [c]1cc2nnncc2nn1. The molecule has 5 heteroatoms. The minimum Gasteiger partial charge on any atom is -0.148 e. The Morgan fingerprint density at radius 2 is 2.20 bits per heavy atom. The van der Waals surface area contributed by atoms with Crippen molar-refractivity contribution >= 4 is 11.0 Å². The van der Waals surface area contributed by atoms with Gasteiger partial charge in [0.25, 0.3) is 0 Å². The lowest BCUT2D eigenvalue weighted by Crippen LogP contribution is -1.90. The molecule has 0 bridgehead atoms. The van der Waals surface area contributed by atoms with Gasteiger partial charge in [-0.2, -0.15) is 0 Å². The Kier molecular flexibility index (Phi) is 1.00. The smallest absolute Gasteiger partial charge is 0.133 e. The van der Waals surface area contributed by atoms with Crippen LogP contribution < -0.4 is 0 Å². The first-order valence-electron chi connectivity index (χ1n) is 2.65. The van der Waals surface area contributed by atoms with Gasteiger partial charge in [0.05, 0.1) is 6.20 Å². The van der Waals surface area contributed by atoms with Gasteiger partial charge < -0.3 is 0 Å². The average Bonchev–Trinajstić information content (AvgIpc) is 2.05. The maximum atomic E-state index is 3.71. The number of fused-ring (bicyclic) bond motifs is 1. The Hall–Kier alpha value is -1.65. The van der Waals surface area contributed by atoms with E-state index in [0.29, 0.717) is 11.0 Å². The molecule has 0 unspecified atom stereocenters. The Morgan fingerprint density at radius 3 is 3.10 bits per heavy atom. The zero-order chi connectivity index (χ0) is 6.81. The van der Waals surface area contributed by atoms with Gasteiger partial charge in [-0.05, 0) is 11.3 Å². The molecule has 0 aliphatic heterocycles. The van der Waals surface area contributed by atoms with E-state index in [-0.39, 0.29) is 0 Å². The summed E-state index contributed by atoms with van der Waals surface area (Å²) in [5.74, 6) is 0. The predicted molar refractivity (Wildman–Crippen MR) is 31.8 cm³/mol. The minimum absolute atomic E-state index is 0.633. The fourth-order valence-electron chi connectivity index (χ4n) is 0.624. The van der Waals surface area contributed by atoms with E-state index in [4.69, 9.17) is 0 Å². The molecule has 10 heavy (non-hydrogen) atoms. The molecule has 0 amide bonds. The Labute approximate surface area is 56.1 Å². The van der Waals surface area contributed by atoms with Crippen molar-refractivity contribution in [1.29, 1.82) is 0 Å². The molecule has 1 radical (unpaired) electrons. The van der Waals surface area contributed by atoms with Crippen molar-refractivity contribution in [2.75, 3.05) is 0 Å². The van der Waals surface area contributed by atoms with E-state index in [1.807, 2.05) is 0 Å². The van der Waals surface area contributed by atoms with E-state index in [1.54, 1.807) is 6.07 Å². The zero-order valence-corrected chi connectivity index (χ0v) is 4.89. The summed E-state index contributed by atoms with van der Waals surface area (Å²) >= 11 is 0. The van der Waals surface area contributed by atoms with Crippen LogP contribution in [0.4, 0.5) is 0 Å². The molecule has 0 spiro atoms. The lowest BCUT2D eigenvalue weighted by molar-refractivity contribution is 0.882. The highest BCUT2D eigenvalue weighted by atomic mass is 15.3. The van der Waals surface area contributed by atoms with Crippen LogP contribution in [0.2, 0.25) is 0 Å². The summed E-state index contributed by atoms with van der Waals surface area (Å²) in [7, 11) is 0. The van der Waals surface area contributed by atoms with Gasteiger partial charge in [0, 0.05) is 0 Å². The normalized spacial score (nSPS) is 10.0. The maximum absolute atomic E-state index is 3.71. The molecule has 5 nitrogen and oxygen atoms in total. The van der Waals surface area contributed by atoms with E-state index < -0.39 is 0 Å². The number of aromatic nitrogens is 5. The fraction of sp³-hybridized carbons (Fsp3) is 0. The van der Waals surface area contributed by atoms with Crippen LogP contribution >= 0.6 is 0 Å². The molecule has 0 N–H and O–H groups in total. The van der Waals surface area contributed by atoms with Crippen LogP contribution in [0.3, 0.4) is 0 Å². The van der Waals surface area contributed by atoms with Crippen molar-refractivity contribution in [3.05, 3.63) is 18.5 Å². The highest BCUT2D eigenvalue weighted by molar-refractivity contribution is 5.70. The molecular weight excluding hydrogens is 130 g/mol. The minimum atomic E-state index is 0.633. The summed E-state index contributed by atoms with van der Waals surface area (Å²) in [6.45, 7) is 0. The van der Waals surface area contributed by atoms with Crippen LogP contribution in [-0.2, 0) is 0 Å². The molecule has 2 heterocycles. The summed E-state index contributed by atoms with van der Waals surface area (Å²) in [6.07, 6.45) is 4.05. The molecule has 0 fully saturated rings. The van der Waals surface area contributed by atoms with Crippen molar-refractivity contribution in [2.24, 2.45) is 0 Å². The fourth-order valence-corrected chi connectivity index (χ4v) is 0.624. The highest BCUT2D eigenvalue weighted by Gasteiger charge is 1.92. The predicted octanol–water partition coefficient (Wildman–Crippen LogP) is -0.385. The number of hydrogen-bond donors (Lipinski definition) is 0. The zero-order valence-electron chi connectivity index (χ0n) is 4.89. The van der Waals surface area contributed by atoms with Crippen LogP contribution in [0.1, 0.15) is 0 Å². The number of nitrogens with zero attached hydrogens (tertiary/aromatic N) is 5. The molecule has 2 rings (SSSR count). The monoisotopic (exact) mass is 132 g/mol. The Bertz CT molecular complexity index is 281. The van der Waals surface area contributed by atoms with Gasteiger partial charge >= 0.3 is 0 Å². The third-order valence-corrected chi connectivity index (χ3v) is 1.06. The van der Waals surface area contributed by atoms with Crippen LogP contribution in [0.5, 0.6) is 0 Å². The van der Waals surface area contributed by atoms with Crippen molar-refractivity contribution in [3.63, 3.8) is 0 Å². The van der Waals surface area contributed by atoms with Crippen molar-refractivity contribution in [2.45, 2.75) is 0 Å². The van der Waals surface area contributed by atoms with Gasteiger partial charge in [-0.1, -0.05) is 0 Å². The van der Waals surface area contributed by atoms with Gasteiger partial charge in [-0.3, -0.25) is 0 Å². The molecular formula is C5H2N5. The lowest BCUT2D eigenvalue weighted by atomic mass is 10.4. The van der Waals surface area contributed by atoms with Gasteiger partial charge in [-0.25, -0.2) is 0 Å². The molecule has 0 saturated heterocycles. The van der Waals surface area contributed by atoms with Crippen LogP contribution in [0.25, 0.3) is 11.0 Å². The highest BCUT2D eigenvalue weighted by Crippen LogP contribution is 1.98. The van der Waals surface area contributed by atoms with Crippen LogP contribution in [-0.4, -0.2) is 25.6 Å². The van der Waals surface area contributed by atoms with Gasteiger partial charge in [0.15, 0.2) is 0 Å². The molecule has 2 aromatic heterocycles. The van der Waals surface area contributed by atoms with Gasteiger partial charge in [0.1, 0.15) is 17.2 Å². The summed E-state index contributed by atoms with van der Waals surface area (Å²) in [5, 5.41) is 17.9. The average molecular weight is 132 g/mol. The van der Waals surface area contributed by atoms with Crippen molar-refractivity contribution in [3.8, 4) is 0 Å². The van der Waals surface area contributed by atoms with Gasteiger partial charge in [-0.15, -0.1) is 20.4 Å². The summed E-state index contributed by atoms with van der Waals surface area (Å²) in [4.78, 5) is 0. The first-order valence-corrected chi connectivity index (χ1v) is 2.65. The van der Waals surface area contributed by atoms with Gasteiger partial charge in [0.2, 0.25) is 0 Å². The quantitative estimate of drug-likeness (QED) is 0.488. The molecule has 0 aliphatic carbocycles. The maximum Gasteiger partial charge on any atom is 0.133 e. The lowest BCUT2D eigenvalue weighted by Gasteiger charge is -1.86. The number of hydrogen-bond acceptors (Lipinski definition) is 5. The van der Waals surface area contributed by atoms with Crippen LogP contribution in [0.15, 0.2) is 12.3 Å². The molecule has 47 valence electrons.